The predicted octanol–water partition coefficient (Wildman–Crippen LogP) is 1.40. The molecular weight excluding hydrogens is 232 g/mol. The molecule has 98 valence electrons. The second-order valence-electron chi connectivity index (χ2n) is 4.53. The molecule has 1 fully saturated rings. The Hall–Kier alpha value is -1.62. The molecule has 1 aliphatic rings. The Morgan fingerprint density at radius 3 is 3.00 bits per heavy atom. The fourth-order valence-corrected chi connectivity index (χ4v) is 1.93. The van der Waals surface area contributed by atoms with Gasteiger partial charge in [-0.15, -0.1) is 0 Å². The Labute approximate surface area is 107 Å². The molecule has 1 atom stereocenters. The van der Waals surface area contributed by atoms with Crippen LogP contribution >= 0.6 is 0 Å². The lowest BCUT2D eigenvalue weighted by Crippen LogP contribution is -2.38. The molecule has 0 aromatic carbocycles. The number of morpholine rings is 1. The molecule has 1 amide bonds. The number of carbonyl (C=O) groups is 1. The summed E-state index contributed by atoms with van der Waals surface area (Å²) in [5.41, 5.74) is 0.970. The lowest BCUT2D eigenvalue weighted by atomic mass is 10.1. The second kappa shape index (κ2) is 5.82. The number of rotatable bonds is 4. The van der Waals surface area contributed by atoms with Gasteiger partial charge in [-0.3, -0.25) is 4.79 Å². The first-order valence-electron chi connectivity index (χ1n) is 6.12. The van der Waals surface area contributed by atoms with Crippen molar-refractivity contribution >= 4 is 6.41 Å². The molecule has 1 aromatic heterocycles. The Morgan fingerprint density at radius 2 is 2.39 bits per heavy atom. The van der Waals surface area contributed by atoms with Gasteiger partial charge < -0.3 is 14.4 Å². The van der Waals surface area contributed by atoms with Gasteiger partial charge in [-0.05, 0) is 25.5 Å². The Balaban J connectivity index is 2.10. The normalized spacial score (nSPS) is 19.9. The summed E-state index contributed by atoms with van der Waals surface area (Å²) >= 11 is 0. The number of pyridine rings is 1. The number of amides is 1. The van der Waals surface area contributed by atoms with Gasteiger partial charge in [0.05, 0.1) is 25.4 Å². The second-order valence-corrected chi connectivity index (χ2v) is 4.53. The molecule has 0 spiro atoms. The Kier molecular flexibility index (Phi) is 4.15. The maximum Gasteiger partial charge on any atom is 0.213 e. The Morgan fingerprint density at radius 1 is 1.56 bits per heavy atom. The van der Waals surface area contributed by atoms with E-state index < -0.39 is 0 Å². The lowest BCUT2D eigenvalue weighted by molar-refractivity contribution is -0.126. The molecule has 1 aliphatic heterocycles. The molecule has 1 saturated heterocycles. The standard InChI is InChI=1S/C13H18N2O3/c1-10(2)18-13-4-3-11(7-14-13)12-8-17-6-5-15(12)9-16/h3-4,7,9-10,12H,5-6,8H2,1-2H3/t12-/m1/s1. The summed E-state index contributed by atoms with van der Waals surface area (Å²) in [5.74, 6) is 0.600. The molecule has 5 heteroatoms. The molecule has 18 heavy (non-hydrogen) atoms. The number of hydrogen-bond donors (Lipinski definition) is 0. The SMILES string of the molecule is CC(C)Oc1ccc([C@H]2COCCN2C=O)cn1. The van der Waals surface area contributed by atoms with Crippen LogP contribution in [0, 0.1) is 0 Å². The van der Waals surface area contributed by atoms with Crippen molar-refractivity contribution in [1.82, 2.24) is 9.88 Å². The van der Waals surface area contributed by atoms with Gasteiger partial charge >= 0.3 is 0 Å². The third kappa shape index (κ3) is 2.98. The van der Waals surface area contributed by atoms with Crippen molar-refractivity contribution in [2.45, 2.75) is 26.0 Å². The summed E-state index contributed by atoms with van der Waals surface area (Å²) in [4.78, 5) is 17.0. The number of carbonyl (C=O) groups excluding carboxylic acids is 1. The highest BCUT2D eigenvalue weighted by Gasteiger charge is 2.23. The summed E-state index contributed by atoms with van der Waals surface area (Å²) in [7, 11) is 0. The molecule has 0 N–H and O–H groups in total. The van der Waals surface area contributed by atoms with E-state index in [0.717, 1.165) is 12.0 Å². The van der Waals surface area contributed by atoms with Gasteiger partial charge in [-0.2, -0.15) is 0 Å². The highest BCUT2D eigenvalue weighted by Crippen LogP contribution is 2.23. The van der Waals surface area contributed by atoms with Crippen LogP contribution in [0.4, 0.5) is 0 Å². The van der Waals surface area contributed by atoms with Crippen molar-refractivity contribution < 1.29 is 14.3 Å². The van der Waals surface area contributed by atoms with Crippen LogP contribution in [0.25, 0.3) is 0 Å². The van der Waals surface area contributed by atoms with E-state index in [1.807, 2.05) is 26.0 Å². The van der Waals surface area contributed by atoms with Crippen molar-refractivity contribution in [3.63, 3.8) is 0 Å². The van der Waals surface area contributed by atoms with Crippen LogP contribution in [0.2, 0.25) is 0 Å². The maximum absolute atomic E-state index is 11.0. The first-order chi connectivity index (χ1) is 8.70. The minimum absolute atomic E-state index is 0.0446. The van der Waals surface area contributed by atoms with Crippen LogP contribution in [-0.2, 0) is 9.53 Å². The molecule has 0 unspecified atom stereocenters. The van der Waals surface area contributed by atoms with E-state index in [1.54, 1.807) is 11.1 Å². The first-order valence-corrected chi connectivity index (χ1v) is 6.12. The number of ether oxygens (including phenoxy) is 2. The quantitative estimate of drug-likeness (QED) is 0.758. The van der Waals surface area contributed by atoms with Crippen LogP contribution < -0.4 is 4.74 Å². The van der Waals surface area contributed by atoms with E-state index in [0.29, 0.717) is 25.6 Å². The lowest BCUT2D eigenvalue weighted by Gasteiger charge is -2.32. The smallest absolute Gasteiger partial charge is 0.213 e. The van der Waals surface area contributed by atoms with Gasteiger partial charge in [-0.1, -0.05) is 0 Å². The van der Waals surface area contributed by atoms with E-state index >= 15 is 0 Å². The highest BCUT2D eigenvalue weighted by atomic mass is 16.5. The van der Waals surface area contributed by atoms with Crippen molar-refractivity contribution in [2.75, 3.05) is 19.8 Å². The predicted molar refractivity (Wildman–Crippen MR) is 66.3 cm³/mol. The third-order valence-corrected chi connectivity index (χ3v) is 2.81. The zero-order chi connectivity index (χ0) is 13.0. The first kappa shape index (κ1) is 12.8. The average Bonchev–Trinajstić information content (AvgIpc) is 2.39. The molecule has 0 aliphatic carbocycles. The van der Waals surface area contributed by atoms with Crippen molar-refractivity contribution in [1.29, 1.82) is 0 Å². The van der Waals surface area contributed by atoms with Gasteiger partial charge in [0.25, 0.3) is 0 Å². The van der Waals surface area contributed by atoms with Gasteiger partial charge in [0.2, 0.25) is 12.3 Å². The molecule has 2 heterocycles. The van der Waals surface area contributed by atoms with E-state index in [4.69, 9.17) is 9.47 Å². The van der Waals surface area contributed by atoms with E-state index in [9.17, 15) is 4.79 Å². The zero-order valence-corrected chi connectivity index (χ0v) is 10.7. The summed E-state index contributed by atoms with van der Waals surface area (Å²) in [5, 5.41) is 0. The molecule has 0 radical (unpaired) electrons. The maximum atomic E-state index is 11.0. The fraction of sp³-hybridized carbons (Fsp3) is 0.538. The summed E-state index contributed by atoms with van der Waals surface area (Å²) in [6.45, 7) is 5.65. The molecule has 5 nitrogen and oxygen atoms in total. The highest BCUT2D eigenvalue weighted by molar-refractivity contribution is 5.49. The monoisotopic (exact) mass is 250 g/mol. The van der Waals surface area contributed by atoms with Gasteiger partial charge in [0, 0.05) is 18.8 Å². The van der Waals surface area contributed by atoms with Crippen LogP contribution in [0.5, 0.6) is 5.88 Å². The Bertz CT molecular complexity index is 392. The van der Waals surface area contributed by atoms with E-state index in [2.05, 4.69) is 4.98 Å². The summed E-state index contributed by atoms with van der Waals surface area (Å²) < 4.78 is 10.9. The van der Waals surface area contributed by atoms with E-state index in [1.165, 1.54) is 0 Å². The van der Waals surface area contributed by atoms with Crippen LogP contribution in [-0.4, -0.2) is 42.2 Å². The minimum Gasteiger partial charge on any atom is -0.475 e. The number of hydrogen-bond acceptors (Lipinski definition) is 4. The topological polar surface area (TPSA) is 51.7 Å². The van der Waals surface area contributed by atoms with Gasteiger partial charge in [0.1, 0.15) is 0 Å². The molecule has 2 rings (SSSR count). The molecular formula is C13H18N2O3. The van der Waals surface area contributed by atoms with Gasteiger partial charge in [0.15, 0.2) is 0 Å². The van der Waals surface area contributed by atoms with Crippen LogP contribution in [0.3, 0.4) is 0 Å². The zero-order valence-electron chi connectivity index (χ0n) is 10.7. The molecule has 0 bridgehead atoms. The fourth-order valence-electron chi connectivity index (χ4n) is 1.93. The third-order valence-electron chi connectivity index (χ3n) is 2.81. The number of nitrogens with zero attached hydrogens (tertiary/aromatic N) is 2. The molecule has 1 aromatic rings. The van der Waals surface area contributed by atoms with Crippen LogP contribution in [0.15, 0.2) is 18.3 Å². The number of aromatic nitrogens is 1. The van der Waals surface area contributed by atoms with Crippen molar-refractivity contribution in [3.8, 4) is 5.88 Å². The van der Waals surface area contributed by atoms with Crippen molar-refractivity contribution in [3.05, 3.63) is 23.9 Å². The average molecular weight is 250 g/mol. The summed E-state index contributed by atoms with van der Waals surface area (Å²) in [6, 6.07) is 3.71. The minimum atomic E-state index is -0.0446. The van der Waals surface area contributed by atoms with Crippen LogP contribution in [0.1, 0.15) is 25.5 Å². The largest absolute Gasteiger partial charge is 0.475 e. The van der Waals surface area contributed by atoms with Gasteiger partial charge in [-0.25, -0.2) is 4.98 Å². The van der Waals surface area contributed by atoms with E-state index in [-0.39, 0.29) is 12.1 Å². The van der Waals surface area contributed by atoms with Crippen molar-refractivity contribution in [2.24, 2.45) is 0 Å². The molecule has 0 saturated carbocycles. The summed E-state index contributed by atoms with van der Waals surface area (Å²) in [6.07, 6.45) is 2.71.